The van der Waals surface area contributed by atoms with Crippen molar-refractivity contribution in [2.24, 2.45) is 0 Å². The van der Waals surface area contributed by atoms with Crippen LogP contribution in [0.4, 0.5) is 13.2 Å². The summed E-state index contributed by atoms with van der Waals surface area (Å²) < 4.78 is 37.0. The number of nitrogens with zero attached hydrogens (tertiary/aromatic N) is 1. The van der Waals surface area contributed by atoms with Crippen LogP contribution >= 0.6 is 0 Å². The predicted octanol–water partition coefficient (Wildman–Crippen LogP) is 7.79. The number of alkyl halides is 3. The molecule has 0 fully saturated rings. The molecule has 0 atom stereocenters. The number of halogens is 3. The molecule has 167 valence electrons. The summed E-state index contributed by atoms with van der Waals surface area (Å²) in [6.07, 6.45) is -4.26. The summed E-state index contributed by atoms with van der Waals surface area (Å²) in [4.78, 5) is 0. The Morgan fingerprint density at radius 2 is 1.50 bits per heavy atom. The van der Waals surface area contributed by atoms with Crippen molar-refractivity contribution in [2.75, 3.05) is 0 Å². The van der Waals surface area contributed by atoms with Gasteiger partial charge in [-0.1, -0.05) is 80.3 Å². The topological polar surface area (TPSA) is 35.8 Å². The fourth-order valence-electron chi connectivity index (χ4n) is 2.15. The summed E-state index contributed by atoms with van der Waals surface area (Å²) in [5.41, 5.74) is 2.03. The van der Waals surface area contributed by atoms with Crippen LogP contribution in [0.5, 0.6) is 0 Å². The molecular weight excluding hydrogens is 462 g/mol. The molecule has 30 heavy (non-hydrogen) atoms. The van der Waals surface area contributed by atoms with Crippen molar-refractivity contribution in [1.82, 2.24) is 5.32 Å². The van der Waals surface area contributed by atoms with Gasteiger partial charge >= 0.3 is 6.18 Å². The van der Waals surface area contributed by atoms with Crippen molar-refractivity contribution >= 4 is 0 Å². The van der Waals surface area contributed by atoms with Gasteiger partial charge in [-0.15, -0.1) is 0 Å². The largest absolute Gasteiger partial charge is 0.416 e. The fourth-order valence-corrected chi connectivity index (χ4v) is 2.15. The third kappa shape index (κ3) is 13.9. The van der Waals surface area contributed by atoms with E-state index in [9.17, 15) is 13.2 Å². The molecule has 0 heterocycles. The Hall–Kier alpha value is -1.22. The van der Waals surface area contributed by atoms with Gasteiger partial charge in [0, 0.05) is 45.3 Å². The van der Waals surface area contributed by atoms with Crippen LogP contribution in [0.25, 0.3) is 0 Å². The fraction of sp³-hybridized carbons (Fsp3) is 0.458. The molecule has 0 bridgehead atoms. The van der Waals surface area contributed by atoms with Crippen LogP contribution in [0.15, 0.2) is 48.5 Å². The number of nitriles is 1. The molecule has 2 aromatic rings. The second-order valence-corrected chi connectivity index (χ2v) is 6.63. The molecule has 0 aliphatic carbocycles. The first-order valence-electron chi connectivity index (χ1n) is 8.53. The van der Waals surface area contributed by atoms with E-state index < -0.39 is 11.7 Å². The van der Waals surface area contributed by atoms with Gasteiger partial charge in [-0.2, -0.15) is 18.4 Å². The van der Waals surface area contributed by atoms with Crippen LogP contribution in [-0.2, 0) is 45.4 Å². The average Bonchev–Trinajstić information content (AvgIpc) is 2.60. The summed E-state index contributed by atoms with van der Waals surface area (Å²) in [6.45, 7) is 8.61. The van der Waals surface area contributed by atoms with Crippen LogP contribution < -0.4 is 5.32 Å². The van der Waals surface area contributed by atoms with Crippen LogP contribution in [0.3, 0.4) is 0 Å². The van der Waals surface area contributed by atoms with E-state index >= 15 is 0 Å². The SMILES string of the molecule is C.C.C.CC(C)NCc1cccc(C(F)(F)F)c1.CC(C)c1cccc(C#N)c1.[Y]. The maximum Gasteiger partial charge on any atom is 0.416 e. The normalized spacial score (nSPS) is 9.60. The average molecular weight is 499 g/mol. The molecule has 0 amide bonds. The molecule has 1 N–H and O–H groups in total. The van der Waals surface area contributed by atoms with Gasteiger partial charge in [0.2, 0.25) is 0 Å². The first kappa shape index (κ1) is 36.2. The van der Waals surface area contributed by atoms with E-state index in [1.807, 2.05) is 38.1 Å². The summed E-state index contributed by atoms with van der Waals surface area (Å²) in [7, 11) is 0. The molecule has 2 rings (SSSR count). The van der Waals surface area contributed by atoms with Gasteiger partial charge < -0.3 is 5.32 Å². The molecule has 0 aliphatic heterocycles. The molecule has 2 aromatic carbocycles. The van der Waals surface area contributed by atoms with Crippen molar-refractivity contribution in [2.45, 2.75) is 74.7 Å². The van der Waals surface area contributed by atoms with Gasteiger partial charge in [-0.3, -0.25) is 0 Å². The minimum Gasteiger partial charge on any atom is -0.310 e. The predicted molar refractivity (Wildman–Crippen MR) is 119 cm³/mol. The molecule has 0 aliphatic rings. The van der Waals surface area contributed by atoms with Gasteiger partial charge in [0.05, 0.1) is 17.2 Å². The minimum absolute atomic E-state index is 0. The Balaban J connectivity index is -0.000000205. The van der Waals surface area contributed by atoms with Gasteiger partial charge in [0.25, 0.3) is 0 Å². The zero-order chi connectivity index (χ0) is 19.7. The second kappa shape index (κ2) is 17.5. The number of hydrogen-bond donors (Lipinski definition) is 1. The molecule has 0 aromatic heterocycles. The third-order valence-corrected chi connectivity index (χ3v) is 3.65. The second-order valence-electron chi connectivity index (χ2n) is 6.63. The van der Waals surface area contributed by atoms with Crippen molar-refractivity contribution in [3.05, 3.63) is 70.8 Å². The molecule has 0 spiro atoms. The van der Waals surface area contributed by atoms with Crippen LogP contribution in [0.2, 0.25) is 0 Å². The number of benzene rings is 2. The quantitative estimate of drug-likeness (QED) is 0.466. The number of rotatable bonds is 4. The van der Waals surface area contributed by atoms with Crippen molar-refractivity contribution in [3.8, 4) is 6.07 Å². The maximum absolute atomic E-state index is 12.3. The first-order valence-corrected chi connectivity index (χ1v) is 8.53. The number of hydrogen-bond acceptors (Lipinski definition) is 2. The molecule has 0 saturated carbocycles. The molecule has 0 unspecified atom stereocenters. The van der Waals surface area contributed by atoms with E-state index in [-0.39, 0.29) is 61.0 Å². The zero-order valence-electron chi connectivity index (χ0n) is 16.1. The summed E-state index contributed by atoms with van der Waals surface area (Å²) in [5, 5.41) is 11.7. The van der Waals surface area contributed by atoms with E-state index in [2.05, 4.69) is 25.2 Å². The summed E-state index contributed by atoms with van der Waals surface area (Å²) in [6, 6.07) is 15.5. The zero-order valence-corrected chi connectivity index (χ0v) is 19.0. The first-order chi connectivity index (χ1) is 12.1. The number of nitrogens with one attached hydrogen (secondary N) is 1. The Bertz CT molecular complexity index is 736. The van der Waals surface area contributed by atoms with E-state index in [4.69, 9.17) is 5.26 Å². The molecule has 0 saturated heterocycles. The molecule has 1 radical (unpaired) electrons. The van der Waals surface area contributed by atoms with Gasteiger partial charge in [0.15, 0.2) is 0 Å². The van der Waals surface area contributed by atoms with E-state index in [0.717, 1.165) is 11.6 Å². The van der Waals surface area contributed by atoms with Crippen LogP contribution in [0, 0.1) is 11.3 Å². The Labute approximate surface area is 207 Å². The summed E-state index contributed by atoms with van der Waals surface area (Å²) in [5.74, 6) is 0.503. The smallest absolute Gasteiger partial charge is 0.310 e. The van der Waals surface area contributed by atoms with E-state index in [0.29, 0.717) is 18.0 Å². The summed E-state index contributed by atoms with van der Waals surface area (Å²) >= 11 is 0. The van der Waals surface area contributed by atoms with Crippen molar-refractivity contribution in [3.63, 3.8) is 0 Å². The monoisotopic (exact) mass is 499 g/mol. The van der Waals surface area contributed by atoms with Gasteiger partial charge in [-0.05, 0) is 35.2 Å². The third-order valence-electron chi connectivity index (χ3n) is 3.65. The molecule has 6 heteroatoms. The Morgan fingerprint density at radius 1 is 0.933 bits per heavy atom. The van der Waals surface area contributed by atoms with Crippen molar-refractivity contribution in [1.29, 1.82) is 5.26 Å². The van der Waals surface area contributed by atoms with E-state index in [1.54, 1.807) is 6.07 Å². The standard InChI is InChI=1S/C11H14F3N.C10H11N.3CH4.Y/c1-8(2)15-7-9-4-3-5-10(6-9)11(12,13)14;1-8(2)10-5-3-4-9(6-10)7-11;;;;/h3-6,8,15H,7H2,1-2H3;3-6,8H,1-2H3;3*1H4;. The maximum atomic E-state index is 12.3. The Kier molecular flexibility index (Phi) is 21.1. The van der Waals surface area contributed by atoms with Crippen LogP contribution in [0.1, 0.15) is 78.1 Å². The molecule has 2 nitrogen and oxygen atoms in total. The molecular formula is C24H37F3N2Y. The van der Waals surface area contributed by atoms with Gasteiger partial charge in [-0.25, -0.2) is 0 Å². The van der Waals surface area contributed by atoms with E-state index in [1.165, 1.54) is 17.7 Å². The van der Waals surface area contributed by atoms with Gasteiger partial charge in [0.1, 0.15) is 0 Å². The minimum atomic E-state index is -4.26. The Morgan fingerprint density at radius 3 is 1.97 bits per heavy atom. The van der Waals surface area contributed by atoms with Crippen molar-refractivity contribution < 1.29 is 45.9 Å². The van der Waals surface area contributed by atoms with Crippen LogP contribution in [-0.4, -0.2) is 6.04 Å².